The molecule has 1 N–H and O–H groups in total. The Labute approximate surface area is 163 Å². The standard InChI is InChI=1S/C20H21N3O2S2/c24-27(25,14-10-16-5-2-1-3-6-16)21-11-12-23-19(17-8-9-17)15-18(22-23)20-7-4-13-26-20/h1-7,10,13-15,17,21H,8-9,11-12H2/b14-10+. The number of rotatable bonds is 8. The molecule has 1 saturated carbocycles. The number of nitrogens with zero attached hydrogens (tertiary/aromatic N) is 2. The molecule has 0 spiro atoms. The van der Waals surface area contributed by atoms with Crippen molar-refractivity contribution in [2.75, 3.05) is 6.54 Å². The van der Waals surface area contributed by atoms with Crippen molar-refractivity contribution in [2.45, 2.75) is 25.3 Å². The van der Waals surface area contributed by atoms with Crippen LogP contribution in [0, 0.1) is 0 Å². The van der Waals surface area contributed by atoms with Gasteiger partial charge in [-0.15, -0.1) is 11.3 Å². The minimum atomic E-state index is -3.47. The van der Waals surface area contributed by atoms with Gasteiger partial charge in [-0.2, -0.15) is 5.10 Å². The van der Waals surface area contributed by atoms with Gasteiger partial charge in [-0.25, -0.2) is 13.1 Å². The summed E-state index contributed by atoms with van der Waals surface area (Å²) in [5.74, 6) is 0.556. The number of hydrogen-bond donors (Lipinski definition) is 1. The topological polar surface area (TPSA) is 64.0 Å². The van der Waals surface area contributed by atoms with E-state index in [4.69, 9.17) is 5.10 Å². The van der Waals surface area contributed by atoms with Crippen molar-refractivity contribution in [3.63, 3.8) is 0 Å². The summed E-state index contributed by atoms with van der Waals surface area (Å²) >= 11 is 1.67. The Morgan fingerprint density at radius 1 is 1.19 bits per heavy atom. The Kier molecular flexibility index (Phi) is 5.24. The Bertz CT molecular complexity index is 1020. The molecule has 3 aromatic rings. The van der Waals surface area contributed by atoms with E-state index in [-0.39, 0.29) is 0 Å². The van der Waals surface area contributed by atoms with Crippen LogP contribution in [-0.2, 0) is 16.6 Å². The molecule has 0 atom stereocenters. The van der Waals surface area contributed by atoms with E-state index in [0.29, 0.717) is 19.0 Å². The summed E-state index contributed by atoms with van der Waals surface area (Å²) in [6, 6.07) is 15.6. The van der Waals surface area contributed by atoms with Gasteiger partial charge in [0, 0.05) is 23.6 Å². The Hall–Kier alpha value is -2.22. The van der Waals surface area contributed by atoms with Crippen molar-refractivity contribution in [1.29, 1.82) is 0 Å². The predicted molar refractivity (Wildman–Crippen MR) is 110 cm³/mol. The fourth-order valence-corrected chi connectivity index (χ4v) is 4.43. The van der Waals surface area contributed by atoms with Crippen LogP contribution in [0.2, 0.25) is 0 Å². The molecule has 2 aromatic heterocycles. The maximum absolute atomic E-state index is 12.2. The van der Waals surface area contributed by atoms with E-state index < -0.39 is 10.0 Å². The lowest BCUT2D eigenvalue weighted by molar-refractivity contribution is 0.557. The average molecular weight is 400 g/mol. The van der Waals surface area contributed by atoms with Crippen LogP contribution in [0.4, 0.5) is 0 Å². The van der Waals surface area contributed by atoms with Crippen molar-refractivity contribution in [3.8, 4) is 10.6 Å². The molecule has 27 heavy (non-hydrogen) atoms. The molecule has 0 bridgehead atoms. The summed E-state index contributed by atoms with van der Waals surface area (Å²) in [7, 11) is -3.47. The normalized spacial score (nSPS) is 14.8. The third kappa shape index (κ3) is 4.74. The highest BCUT2D eigenvalue weighted by molar-refractivity contribution is 7.92. The van der Waals surface area contributed by atoms with E-state index >= 15 is 0 Å². The summed E-state index contributed by atoms with van der Waals surface area (Å²) in [6.07, 6.45) is 3.96. The maximum atomic E-state index is 12.2. The number of nitrogens with one attached hydrogen (secondary N) is 1. The van der Waals surface area contributed by atoms with Crippen molar-refractivity contribution in [2.24, 2.45) is 0 Å². The number of hydrogen-bond acceptors (Lipinski definition) is 4. The van der Waals surface area contributed by atoms with Crippen LogP contribution >= 0.6 is 11.3 Å². The average Bonchev–Trinajstić information content (AvgIpc) is 3.19. The Morgan fingerprint density at radius 3 is 2.70 bits per heavy atom. The molecule has 1 fully saturated rings. The number of aromatic nitrogens is 2. The first-order valence-corrected chi connectivity index (χ1v) is 11.4. The van der Waals surface area contributed by atoms with Crippen molar-refractivity contribution >= 4 is 27.4 Å². The van der Waals surface area contributed by atoms with Crippen LogP contribution in [-0.4, -0.2) is 24.7 Å². The first-order chi connectivity index (χ1) is 13.1. The Morgan fingerprint density at radius 2 is 2.00 bits per heavy atom. The zero-order chi connectivity index (χ0) is 18.7. The molecule has 0 saturated heterocycles. The van der Waals surface area contributed by atoms with Crippen LogP contribution < -0.4 is 4.72 Å². The monoisotopic (exact) mass is 399 g/mol. The first-order valence-electron chi connectivity index (χ1n) is 8.95. The maximum Gasteiger partial charge on any atom is 0.233 e. The molecule has 5 nitrogen and oxygen atoms in total. The van der Waals surface area contributed by atoms with Gasteiger partial charge >= 0.3 is 0 Å². The van der Waals surface area contributed by atoms with E-state index in [1.165, 1.54) is 23.9 Å². The highest BCUT2D eigenvalue weighted by Crippen LogP contribution is 2.41. The zero-order valence-corrected chi connectivity index (χ0v) is 16.4. The fraction of sp³-hybridized carbons (Fsp3) is 0.250. The van der Waals surface area contributed by atoms with Crippen molar-refractivity contribution in [1.82, 2.24) is 14.5 Å². The lowest BCUT2D eigenvalue weighted by Gasteiger charge is -2.07. The SMILES string of the molecule is O=S(=O)(/C=C/c1ccccc1)NCCn1nc(-c2cccs2)cc1C1CC1. The van der Waals surface area contributed by atoms with Gasteiger partial charge in [-0.1, -0.05) is 36.4 Å². The van der Waals surface area contributed by atoms with Gasteiger partial charge in [0.25, 0.3) is 0 Å². The minimum Gasteiger partial charge on any atom is -0.267 e. The molecule has 0 unspecified atom stereocenters. The van der Waals surface area contributed by atoms with Gasteiger partial charge in [0.15, 0.2) is 0 Å². The van der Waals surface area contributed by atoms with Crippen LogP contribution in [0.5, 0.6) is 0 Å². The molecule has 1 aliphatic carbocycles. The van der Waals surface area contributed by atoms with Crippen LogP contribution in [0.25, 0.3) is 16.6 Å². The Balaban J connectivity index is 1.40. The highest BCUT2D eigenvalue weighted by atomic mass is 32.2. The second kappa shape index (κ2) is 7.80. The lowest BCUT2D eigenvalue weighted by atomic mass is 10.2. The van der Waals surface area contributed by atoms with Crippen LogP contribution in [0.3, 0.4) is 0 Å². The molecule has 1 aliphatic rings. The molecule has 0 amide bonds. The molecule has 4 rings (SSSR count). The molecule has 0 radical (unpaired) electrons. The summed E-state index contributed by atoms with van der Waals surface area (Å²) in [4.78, 5) is 1.14. The van der Waals surface area contributed by atoms with Gasteiger partial charge in [0.1, 0.15) is 5.69 Å². The summed E-state index contributed by atoms with van der Waals surface area (Å²) in [5.41, 5.74) is 3.03. The first kappa shape index (κ1) is 18.2. The van der Waals surface area contributed by atoms with Crippen LogP contribution in [0.1, 0.15) is 30.0 Å². The predicted octanol–water partition coefficient (Wildman–Crippen LogP) is 4.08. The molecule has 2 heterocycles. The molecular weight excluding hydrogens is 378 g/mol. The van der Waals surface area contributed by atoms with Crippen LogP contribution in [0.15, 0.2) is 59.3 Å². The van der Waals surface area contributed by atoms with Crippen molar-refractivity contribution < 1.29 is 8.42 Å². The fourth-order valence-electron chi connectivity index (χ4n) is 2.94. The van der Waals surface area contributed by atoms with E-state index in [2.05, 4.69) is 16.9 Å². The number of thiophene rings is 1. The third-order valence-electron chi connectivity index (χ3n) is 4.45. The largest absolute Gasteiger partial charge is 0.267 e. The molecular formula is C20H21N3O2S2. The second-order valence-corrected chi connectivity index (χ2v) is 9.18. The van der Waals surface area contributed by atoms with E-state index in [1.54, 1.807) is 17.4 Å². The van der Waals surface area contributed by atoms with Gasteiger partial charge in [0.05, 0.1) is 11.4 Å². The molecule has 140 valence electrons. The van der Waals surface area contributed by atoms with Gasteiger partial charge in [0.2, 0.25) is 10.0 Å². The lowest BCUT2D eigenvalue weighted by Crippen LogP contribution is -2.26. The van der Waals surface area contributed by atoms with Gasteiger partial charge in [-0.05, 0) is 42.0 Å². The highest BCUT2D eigenvalue weighted by Gasteiger charge is 2.28. The molecule has 0 aliphatic heterocycles. The van der Waals surface area contributed by atoms with Gasteiger partial charge < -0.3 is 0 Å². The second-order valence-electron chi connectivity index (χ2n) is 6.58. The third-order valence-corrected chi connectivity index (χ3v) is 6.44. The number of benzene rings is 1. The molecule has 7 heteroatoms. The summed E-state index contributed by atoms with van der Waals surface area (Å²) < 4.78 is 29.0. The van der Waals surface area contributed by atoms with E-state index in [1.807, 2.05) is 46.5 Å². The molecule has 1 aromatic carbocycles. The quantitative estimate of drug-likeness (QED) is 0.621. The summed E-state index contributed by atoms with van der Waals surface area (Å²) in [5, 5.41) is 7.95. The van der Waals surface area contributed by atoms with E-state index in [0.717, 1.165) is 16.1 Å². The number of sulfonamides is 1. The smallest absolute Gasteiger partial charge is 0.233 e. The van der Waals surface area contributed by atoms with Crippen molar-refractivity contribution in [3.05, 3.63) is 70.6 Å². The summed E-state index contributed by atoms with van der Waals surface area (Å²) in [6.45, 7) is 0.836. The zero-order valence-electron chi connectivity index (χ0n) is 14.8. The van der Waals surface area contributed by atoms with Gasteiger partial charge in [-0.3, -0.25) is 4.68 Å². The van der Waals surface area contributed by atoms with E-state index in [9.17, 15) is 8.42 Å². The minimum absolute atomic E-state index is 0.312.